The van der Waals surface area contributed by atoms with Gasteiger partial charge in [-0.05, 0) is 30.7 Å². The van der Waals surface area contributed by atoms with E-state index in [1.807, 2.05) is 34.9 Å². The average molecular weight is 470 g/mol. The number of hydrogen-bond acceptors (Lipinski definition) is 6. The summed E-state index contributed by atoms with van der Waals surface area (Å²) < 4.78 is 28.7. The third-order valence-corrected chi connectivity index (χ3v) is 6.06. The summed E-state index contributed by atoms with van der Waals surface area (Å²) in [5.74, 6) is -1.03. The van der Waals surface area contributed by atoms with Crippen LogP contribution in [0.4, 0.5) is 9.18 Å². The second-order valence-corrected chi connectivity index (χ2v) is 8.38. The van der Waals surface area contributed by atoms with Gasteiger partial charge in [-0.1, -0.05) is 18.2 Å². The van der Waals surface area contributed by atoms with E-state index in [-0.39, 0.29) is 12.3 Å². The molecule has 1 aromatic carbocycles. The molecular weight excluding hydrogens is 451 g/mol. The monoisotopic (exact) mass is 470 g/mol. The topological polar surface area (TPSA) is 132 Å². The fraction of sp³-hybridized carbons (Fsp3) is 0.190. The van der Waals surface area contributed by atoms with Crippen molar-refractivity contribution in [3.8, 4) is 0 Å². The molecule has 12 heteroatoms. The number of carbonyl (C=O) groups is 1. The molecule has 0 fully saturated rings. The van der Waals surface area contributed by atoms with E-state index < -0.39 is 33.9 Å². The number of imidazole rings is 1. The number of carbonyl (C=O) groups excluding carboxylic acids is 1. The largest absolute Gasteiger partial charge is 0.337 e. The maximum atomic E-state index is 13.4. The Bertz CT molecular complexity index is 1450. The molecule has 33 heavy (non-hydrogen) atoms. The molecule has 0 aliphatic carbocycles. The minimum Gasteiger partial charge on any atom is -0.337 e. The first kappa shape index (κ1) is 22.3. The number of para-hydroxylation sites is 2. The molecule has 0 saturated heterocycles. The Morgan fingerprint density at radius 1 is 1.15 bits per heavy atom. The maximum Gasteiger partial charge on any atom is 0.336 e. The van der Waals surface area contributed by atoms with Crippen LogP contribution in [0.2, 0.25) is 0 Å². The van der Waals surface area contributed by atoms with Gasteiger partial charge in [0.25, 0.3) is 5.56 Å². The van der Waals surface area contributed by atoms with E-state index in [2.05, 4.69) is 15.3 Å². The molecule has 0 bridgehead atoms. The minimum absolute atomic E-state index is 0.144. The smallest absolute Gasteiger partial charge is 0.336 e. The SMILES string of the molecule is O=C(NCCCn1c(S(=O)Cc2ccccn2)nc2ccccc21)n1cc(F)c(=O)[nH]c1=O. The lowest BCUT2D eigenvalue weighted by atomic mass is 10.3. The summed E-state index contributed by atoms with van der Waals surface area (Å²) in [4.78, 5) is 45.4. The van der Waals surface area contributed by atoms with Gasteiger partial charge in [0.2, 0.25) is 5.82 Å². The Hall–Kier alpha value is -3.93. The van der Waals surface area contributed by atoms with Crippen LogP contribution < -0.4 is 16.6 Å². The maximum absolute atomic E-state index is 13.4. The van der Waals surface area contributed by atoms with Gasteiger partial charge < -0.3 is 9.88 Å². The summed E-state index contributed by atoms with van der Waals surface area (Å²) >= 11 is 0. The standard InChI is InChI=1S/C21H19FN6O4S/c22-15-12-28(20(31)26-18(15)29)19(30)24-10-5-11-27-17-8-2-1-7-16(17)25-21(27)33(32)13-14-6-3-4-9-23-14/h1-4,6-9,12H,5,10-11,13H2,(H,24,30)(H,26,29,31). The Morgan fingerprint density at radius 2 is 1.94 bits per heavy atom. The number of amides is 1. The Labute approximate surface area is 188 Å². The van der Waals surface area contributed by atoms with Crippen molar-refractivity contribution < 1.29 is 13.4 Å². The van der Waals surface area contributed by atoms with Crippen molar-refractivity contribution in [3.05, 3.63) is 87.2 Å². The predicted molar refractivity (Wildman–Crippen MR) is 119 cm³/mol. The molecule has 0 spiro atoms. The summed E-state index contributed by atoms with van der Waals surface area (Å²) in [6.45, 7) is 0.532. The Morgan fingerprint density at radius 3 is 2.73 bits per heavy atom. The summed E-state index contributed by atoms with van der Waals surface area (Å²) in [7, 11) is -1.45. The summed E-state index contributed by atoms with van der Waals surface area (Å²) in [5, 5.41) is 2.90. The van der Waals surface area contributed by atoms with Crippen molar-refractivity contribution >= 4 is 27.9 Å². The molecule has 4 aromatic rings. The van der Waals surface area contributed by atoms with Gasteiger partial charge in [0, 0.05) is 19.3 Å². The van der Waals surface area contributed by atoms with Crippen molar-refractivity contribution in [3.63, 3.8) is 0 Å². The minimum atomic E-state index is -1.45. The number of hydrogen-bond donors (Lipinski definition) is 2. The summed E-state index contributed by atoms with van der Waals surface area (Å²) in [6.07, 6.45) is 2.59. The molecule has 1 amide bonds. The van der Waals surface area contributed by atoms with Crippen molar-refractivity contribution in [2.75, 3.05) is 6.54 Å². The second kappa shape index (κ2) is 9.69. The number of nitrogens with one attached hydrogen (secondary N) is 2. The molecule has 170 valence electrons. The Kier molecular flexibility index (Phi) is 6.54. The summed E-state index contributed by atoms with van der Waals surface area (Å²) in [6, 6.07) is 11.9. The van der Waals surface area contributed by atoms with Crippen LogP contribution in [0, 0.1) is 5.82 Å². The number of aryl methyl sites for hydroxylation is 1. The number of aromatic nitrogens is 5. The van der Waals surface area contributed by atoms with Crippen molar-refractivity contribution in [2.45, 2.75) is 23.9 Å². The van der Waals surface area contributed by atoms with E-state index in [0.29, 0.717) is 40.1 Å². The molecule has 3 aromatic heterocycles. The van der Waals surface area contributed by atoms with E-state index in [4.69, 9.17) is 0 Å². The zero-order valence-electron chi connectivity index (χ0n) is 17.2. The highest BCUT2D eigenvalue weighted by atomic mass is 32.2. The fourth-order valence-corrected chi connectivity index (χ4v) is 4.45. The van der Waals surface area contributed by atoms with Gasteiger partial charge in [-0.15, -0.1) is 0 Å². The van der Waals surface area contributed by atoms with E-state index in [1.54, 1.807) is 23.3 Å². The second-order valence-electron chi connectivity index (χ2n) is 7.04. The molecule has 1 atom stereocenters. The zero-order valence-corrected chi connectivity index (χ0v) is 18.0. The van der Waals surface area contributed by atoms with Crippen molar-refractivity contribution in [1.82, 2.24) is 29.4 Å². The molecule has 10 nitrogen and oxygen atoms in total. The van der Waals surface area contributed by atoms with E-state index in [9.17, 15) is 23.0 Å². The molecule has 4 rings (SSSR count). The lowest BCUT2D eigenvalue weighted by Gasteiger charge is -2.10. The van der Waals surface area contributed by atoms with Gasteiger partial charge in [0.05, 0.1) is 39.5 Å². The van der Waals surface area contributed by atoms with E-state index >= 15 is 0 Å². The lowest BCUT2D eigenvalue weighted by molar-refractivity contribution is 0.240. The van der Waals surface area contributed by atoms with E-state index in [1.165, 1.54) is 0 Å². The number of fused-ring (bicyclic) bond motifs is 1. The highest BCUT2D eigenvalue weighted by Crippen LogP contribution is 2.20. The first-order valence-corrected chi connectivity index (χ1v) is 11.3. The number of H-pyrrole nitrogens is 1. The van der Waals surface area contributed by atoms with Crippen LogP contribution in [0.15, 0.2) is 69.6 Å². The first-order chi connectivity index (χ1) is 15.9. The number of nitrogens with zero attached hydrogens (tertiary/aromatic N) is 4. The van der Waals surface area contributed by atoms with Crippen LogP contribution >= 0.6 is 0 Å². The Balaban J connectivity index is 1.47. The third kappa shape index (κ3) is 4.95. The predicted octanol–water partition coefficient (Wildman–Crippen LogP) is 1.38. The van der Waals surface area contributed by atoms with Crippen molar-refractivity contribution in [1.29, 1.82) is 0 Å². The van der Waals surface area contributed by atoms with Crippen LogP contribution in [0.3, 0.4) is 0 Å². The first-order valence-electron chi connectivity index (χ1n) is 9.97. The highest BCUT2D eigenvalue weighted by Gasteiger charge is 2.17. The molecule has 0 saturated carbocycles. The van der Waals surface area contributed by atoms with Gasteiger partial charge in [0.15, 0.2) is 5.16 Å². The van der Waals surface area contributed by atoms with Crippen LogP contribution in [0.25, 0.3) is 11.0 Å². The third-order valence-electron chi connectivity index (χ3n) is 4.78. The van der Waals surface area contributed by atoms with Gasteiger partial charge in [-0.25, -0.2) is 19.1 Å². The molecule has 1 unspecified atom stereocenters. The van der Waals surface area contributed by atoms with Crippen LogP contribution in [0.5, 0.6) is 0 Å². The molecule has 0 radical (unpaired) electrons. The molecule has 0 aliphatic heterocycles. The summed E-state index contributed by atoms with van der Waals surface area (Å²) in [5.41, 5.74) is -0.0532. The van der Waals surface area contributed by atoms with Gasteiger partial charge in [-0.3, -0.25) is 19.0 Å². The van der Waals surface area contributed by atoms with Crippen LogP contribution in [-0.2, 0) is 23.1 Å². The number of rotatable bonds is 7. The average Bonchev–Trinajstić information content (AvgIpc) is 3.18. The molecular formula is C21H19FN6O4S. The normalized spacial score (nSPS) is 12.0. The number of benzene rings is 1. The lowest BCUT2D eigenvalue weighted by Crippen LogP contribution is -2.41. The highest BCUT2D eigenvalue weighted by molar-refractivity contribution is 7.84. The molecule has 2 N–H and O–H groups in total. The number of pyridine rings is 1. The number of aromatic amines is 1. The molecule has 0 aliphatic rings. The zero-order chi connectivity index (χ0) is 23.4. The van der Waals surface area contributed by atoms with Gasteiger partial charge >= 0.3 is 11.7 Å². The van der Waals surface area contributed by atoms with Gasteiger partial charge in [0.1, 0.15) is 0 Å². The number of halogens is 1. The van der Waals surface area contributed by atoms with Gasteiger partial charge in [-0.2, -0.15) is 4.39 Å². The van der Waals surface area contributed by atoms with E-state index in [0.717, 1.165) is 5.52 Å². The quantitative estimate of drug-likeness (QED) is 0.392. The van der Waals surface area contributed by atoms with Crippen molar-refractivity contribution in [2.24, 2.45) is 0 Å². The van der Waals surface area contributed by atoms with Crippen LogP contribution in [-0.4, -0.2) is 40.9 Å². The van der Waals surface area contributed by atoms with Crippen LogP contribution in [0.1, 0.15) is 12.1 Å². The fourth-order valence-electron chi connectivity index (χ4n) is 3.24. The molecule has 3 heterocycles.